The lowest BCUT2D eigenvalue weighted by atomic mass is 10.2. The average Bonchev–Trinajstić information content (AvgIpc) is 3.04. The van der Waals surface area contributed by atoms with Gasteiger partial charge in [-0.05, 0) is 34.5 Å². The zero-order valence-electron chi connectivity index (χ0n) is 11.8. The predicted molar refractivity (Wildman–Crippen MR) is 82.1 cm³/mol. The summed E-state index contributed by atoms with van der Waals surface area (Å²) in [6.07, 6.45) is -0.337. The number of ether oxygens (including phenoxy) is 1. The summed E-state index contributed by atoms with van der Waals surface area (Å²) in [7, 11) is 1.52. The minimum absolute atomic E-state index is 0.0382. The van der Waals surface area contributed by atoms with Crippen molar-refractivity contribution >= 4 is 28.8 Å². The van der Waals surface area contributed by atoms with Gasteiger partial charge in [-0.2, -0.15) is 11.3 Å². The highest BCUT2D eigenvalue weighted by molar-refractivity contribution is 7.07. The molecule has 0 aliphatic rings. The van der Waals surface area contributed by atoms with E-state index in [0.717, 1.165) is 5.56 Å². The van der Waals surface area contributed by atoms with Crippen molar-refractivity contribution in [1.82, 2.24) is 5.32 Å². The van der Waals surface area contributed by atoms with Gasteiger partial charge in [0, 0.05) is 13.7 Å². The zero-order valence-corrected chi connectivity index (χ0v) is 12.7. The predicted octanol–water partition coefficient (Wildman–Crippen LogP) is 2.33. The van der Waals surface area contributed by atoms with Crippen molar-refractivity contribution < 1.29 is 18.7 Å². The Morgan fingerprint density at radius 3 is 2.68 bits per heavy atom. The number of halogens is 1. The molecule has 0 aliphatic heterocycles. The number of methoxy groups -OCH3 is 1. The van der Waals surface area contributed by atoms with Crippen molar-refractivity contribution in [3.05, 3.63) is 52.5 Å². The van der Waals surface area contributed by atoms with Crippen LogP contribution in [0.5, 0.6) is 0 Å². The molecule has 2 rings (SSSR count). The molecule has 0 saturated carbocycles. The summed E-state index contributed by atoms with van der Waals surface area (Å²) in [6, 6.07) is 7.52. The molecule has 5 nitrogen and oxygen atoms in total. The summed E-state index contributed by atoms with van der Waals surface area (Å²) in [6.45, 7) is 0.150. The highest BCUT2D eigenvalue weighted by Gasteiger charge is 2.18. The number of hydrogen-bond acceptors (Lipinski definition) is 4. The Labute approximate surface area is 131 Å². The molecule has 0 aliphatic carbocycles. The summed E-state index contributed by atoms with van der Waals surface area (Å²) in [4.78, 5) is 23.5. The fraction of sp³-hybridized carbons (Fsp3) is 0.200. The number of carbonyl (C=O) groups excluding carboxylic acids is 2. The lowest BCUT2D eigenvalue weighted by Gasteiger charge is -2.14. The highest BCUT2D eigenvalue weighted by atomic mass is 32.1. The third-order valence-corrected chi connectivity index (χ3v) is 3.68. The number of amides is 2. The van der Waals surface area contributed by atoms with E-state index in [1.807, 2.05) is 16.8 Å². The molecule has 0 saturated heterocycles. The monoisotopic (exact) mass is 322 g/mol. The van der Waals surface area contributed by atoms with Crippen LogP contribution in [0.2, 0.25) is 0 Å². The maximum absolute atomic E-state index is 13.4. The van der Waals surface area contributed by atoms with E-state index in [1.165, 1.54) is 36.6 Å². The SMILES string of the molecule is COC(CNC(=O)C(=O)Nc1ccccc1F)c1ccsc1. The van der Waals surface area contributed by atoms with Crippen LogP contribution in [0.3, 0.4) is 0 Å². The van der Waals surface area contributed by atoms with Crippen molar-refractivity contribution in [3.63, 3.8) is 0 Å². The van der Waals surface area contributed by atoms with Crippen LogP contribution in [-0.4, -0.2) is 25.5 Å². The van der Waals surface area contributed by atoms with Crippen molar-refractivity contribution in [3.8, 4) is 0 Å². The molecule has 1 atom stereocenters. The second kappa shape index (κ2) is 7.67. The lowest BCUT2D eigenvalue weighted by Crippen LogP contribution is -2.38. The van der Waals surface area contributed by atoms with Crippen molar-refractivity contribution in [2.24, 2.45) is 0 Å². The normalized spacial score (nSPS) is 11.7. The van der Waals surface area contributed by atoms with Crippen LogP contribution in [-0.2, 0) is 14.3 Å². The molecular formula is C15H15FN2O3S. The highest BCUT2D eigenvalue weighted by Crippen LogP contribution is 2.18. The standard InChI is InChI=1S/C15H15FN2O3S/c1-21-13(10-6-7-22-9-10)8-17-14(19)15(20)18-12-5-3-2-4-11(12)16/h2-7,9,13H,8H2,1H3,(H,17,19)(H,18,20). The lowest BCUT2D eigenvalue weighted by molar-refractivity contribution is -0.136. The molecule has 2 aromatic rings. The first-order valence-electron chi connectivity index (χ1n) is 6.50. The molecule has 0 bridgehead atoms. The zero-order chi connectivity index (χ0) is 15.9. The number of nitrogens with one attached hydrogen (secondary N) is 2. The first kappa shape index (κ1) is 16.1. The Balaban J connectivity index is 1.89. The molecule has 1 heterocycles. The van der Waals surface area contributed by atoms with E-state index in [4.69, 9.17) is 4.74 Å². The largest absolute Gasteiger partial charge is 0.375 e. The number of rotatable bonds is 5. The van der Waals surface area contributed by atoms with E-state index in [9.17, 15) is 14.0 Å². The van der Waals surface area contributed by atoms with Gasteiger partial charge in [-0.25, -0.2) is 4.39 Å². The van der Waals surface area contributed by atoms with Gasteiger partial charge in [0.15, 0.2) is 0 Å². The molecular weight excluding hydrogens is 307 g/mol. The molecule has 2 N–H and O–H groups in total. The number of carbonyl (C=O) groups is 2. The third kappa shape index (κ3) is 4.12. The van der Waals surface area contributed by atoms with Crippen LogP contribution in [0.25, 0.3) is 0 Å². The van der Waals surface area contributed by atoms with E-state index in [2.05, 4.69) is 10.6 Å². The molecule has 1 aromatic heterocycles. The summed E-state index contributed by atoms with van der Waals surface area (Å²) < 4.78 is 18.7. The Morgan fingerprint density at radius 1 is 1.27 bits per heavy atom. The van der Waals surface area contributed by atoms with E-state index in [1.54, 1.807) is 6.07 Å². The van der Waals surface area contributed by atoms with Crippen molar-refractivity contribution in [2.45, 2.75) is 6.10 Å². The fourth-order valence-corrected chi connectivity index (χ4v) is 2.50. The van der Waals surface area contributed by atoms with Crippen LogP contribution < -0.4 is 10.6 Å². The third-order valence-electron chi connectivity index (χ3n) is 2.98. The van der Waals surface area contributed by atoms with E-state index in [-0.39, 0.29) is 18.3 Å². The average molecular weight is 322 g/mol. The number of benzene rings is 1. The molecule has 0 radical (unpaired) electrons. The van der Waals surface area contributed by atoms with Crippen LogP contribution >= 0.6 is 11.3 Å². The Bertz CT molecular complexity index is 646. The molecule has 1 unspecified atom stereocenters. The first-order chi connectivity index (χ1) is 10.6. The second-order valence-corrected chi connectivity index (χ2v) is 5.21. The quantitative estimate of drug-likeness (QED) is 0.830. The number of hydrogen-bond donors (Lipinski definition) is 2. The van der Waals surface area contributed by atoms with Gasteiger partial charge < -0.3 is 15.4 Å². The summed E-state index contributed by atoms with van der Waals surface area (Å²) >= 11 is 1.51. The summed E-state index contributed by atoms with van der Waals surface area (Å²) in [5.74, 6) is -2.37. The number of para-hydroxylation sites is 1. The summed E-state index contributed by atoms with van der Waals surface area (Å²) in [5.41, 5.74) is 0.881. The maximum atomic E-state index is 13.4. The second-order valence-electron chi connectivity index (χ2n) is 4.43. The minimum Gasteiger partial charge on any atom is -0.375 e. The number of anilines is 1. The van der Waals surface area contributed by atoms with Crippen molar-refractivity contribution in [2.75, 3.05) is 19.0 Å². The van der Waals surface area contributed by atoms with Crippen LogP contribution in [0.1, 0.15) is 11.7 Å². The molecule has 1 aromatic carbocycles. The van der Waals surface area contributed by atoms with Crippen LogP contribution in [0.15, 0.2) is 41.1 Å². The van der Waals surface area contributed by atoms with E-state index >= 15 is 0 Å². The fourth-order valence-electron chi connectivity index (χ4n) is 1.80. The topological polar surface area (TPSA) is 67.4 Å². The molecule has 7 heteroatoms. The number of thiophene rings is 1. The van der Waals surface area contributed by atoms with E-state index in [0.29, 0.717) is 0 Å². The van der Waals surface area contributed by atoms with Gasteiger partial charge in [0.05, 0.1) is 5.69 Å². The Morgan fingerprint density at radius 2 is 2.05 bits per heavy atom. The maximum Gasteiger partial charge on any atom is 0.313 e. The molecule has 0 fully saturated rings. The molecule has 116 valence electrons. The van der Waals surface area contributed by atoms with Crippen molar-refractivity contribution in [1.29, 1.82) is 0 Å². The smallest absolute Gasteiger partial charge is 0.313 e. The summed E-state index contributed by atoms with van der Waals surface area (Å²) in [5, 5.41) is 8.49. The molecule has 2 amide bonds. The van der Waals surface area contributed by atoms with Gasteiger partial charge in [-0.3, -0.25) is 9.59 Å². The van der Waals surface area contributed by atoms with Gasteiger partial charge in [0.2, 0.25) is 0 Å². The van der Waals surface area contributed by atoms with Gasteiger partial charge in [0.1, 0.15) is 11.9 Å². The molecule has 0 spiro atoms. The van der Waals surface area contributed by atoms with Gasteiger partial charge >= 0.3 is 11.8 Å². The Kier molecular flexibility index (Phi) is 5.62. The van der Waals surface area contributed by atoms with Gasteiger partial charge in [-0.15, -0.1) is 0 Å². The van der Waals surface area contributed by atoms with Crippen LogP contribution in [0.4, 0.5) is 10.1 Å². The van der Waals surface area contributed by atoms with Gasteiger partial charge in [0.25, 0.3) is 0 Å². The van der Waals surface area contributed by atoms with Gasteiger partial charge in [-0.1, -0.05) is 12.1 Å². The molecule has 22 heavy (non-hydrogen) atoms. The minimum atomic E-state index is -0.926. The van der Waals surface area contributed by atoms with E-state index < -0.39 is 17.6 Å². The van der Waals surface area contributed by atoms with Crippen LogP contribution in [0, 0.1) is 5.82 Å². The first-order valence-corrected chi connectivity index (χ1v) is 7.44. The Hall–Kier alpha value is -2.25.